The van der Waals surface area contributed by atoms with E-state index in [2.05, 4.69) is 0 Å². The van der Waals surface area contributed by atoms with Gasteiger partial charge in [0.25, 0.3) is 0 Å². The maximum absolute atomic E-state index is 14.0. The molecule has 3 aromatic rings. The Morgan fingerprint density at radius 1 is 0.943 bits per heavy atom. The summed E-state index contributed by atoms with van der Waals surface area (Å²) in [6.07, 6.45) is -1.77. The summed E-state index contributed by atoms with van der Waals surface area (Å²) in [7, 11) is -2.47. The number of rotatable bonds is 8. The zero-order chi connectivity index (χ0) is 25.0. The van der Waals surface area contributed by atoms with E-state index >= 15 is 0 Å². The van der Waals surface area contributed by atoms with Gasteiger partial charge in [-0.15, -0.1) is 0 Å². The van der Waals surface area contributed by atoms with Crippen LogP contribution in [0.25, 0.3) is 0 Å². The number of carbonyl (C=O) groups excluding carboxylic acids is 1. The van der Waals surface area contributed by atoms with Crippen molar-refractivity contribution in [3.8, 4) is 5.75 Å². The number of hydrogen-bond acceptors (Lipinski definition) is 6. The van der Waals surface area contributed by atoms with Crippen LogP contribution in [0.4, 0.5) is 0 Å². The molecule has 35 heavy (non-hydrogen) atoms. The zero-order valence-corrected chi connectivity index (χ0v) is 20.8. The highest BCUT2D eigenvalue weighted by Crippen LogP contribution is 2.47. The van der Waals surface area contributed by atoms with Gasteiger partial charge in [0.2, 0.25) is 10.0 Å². The van der Waals surface area contributed by atoms with Crippen molar-refractivity contribution in [1.29, 1.82) is 0 Å². The van der Waals surface area contributed by atoms with Crippen molar-refractivity contribution in [3.63, 3.8) is 0 Å². The summed E-state index contributed by atoms with van der Waals surface area (Å²) < 4.78 is 46.3. The van der Waals surface area contributed by atoms with Gasteiger partial charge in [-0.25, -0.2) is 8.42 Å². The molecule has 0 bridgehead atoms. The Morgan fingerprint density at radius 2 is 1.60 bits per heavy atom. The molecule has 0 unspecified atom stereocenters. The van der Waals surface area contributed by atoms with Gasteiger partial charge in [-0.05, 0) is 49.2 Å². The van der Waals surface area contributed by atoms with E-state index in [4.69, 9.17) is 14.2 Å². The monoisotopic (exact) mass is 495 g/mol. The fourth-order valence-corrected chi connectivity index (χ4v) is 5.95. The predicted molar refractivity (Wildman–Crippen MR) is 131 cm³/mol. The Bertz CT molecular complexity index is 1240. The minimum Gasteiger partial charge on any atom is -0.497 e. The number of esters is 1. The first-order valence-electron chi connectivity index (χ1n) is 11.5. The second-order valence-corrected chi connectivity index (χ2v) is 10.2. The summed E-state index contributed by atoms with van der Waals surface area (Å²) in [6, 6.07) is 22.2. The maximum Gasteiger partial charge on any atom is 0.307 e. The quantitative estimate of drug-likeness (QED) is 0.418. The lowest BCUT2D eigenvalue weighted by atomic mass is 10.0. The van der Waals surface area contributed by atoms with Crippen molar-refractivity contribution in [2.24, 2.45) is 0 Å². The van der Waals surface area contributed by atoms with Gasteiger partial charge in [0, 0.05) is 0 Å². The first-order valence-corrected chi connectivity index (χ1v) is 12.9. The third-order valence-corrected chi connectivity index (χ3v) is 7.87. The fraction of sp³-hybridized carbons (Fsp3) is 0.296. The topological polar surface area (TPSA) is 82.1 Å². The van der Waals surface area contributed by atoms with E-state index in [1.807, 2.05) is 49.4 Å². The number of carbonyl (C=O) groups is 1. The number of aryl methyl sites for hydroxylation is 1. The lowest BCUT2D eigenvalue weighted by Gasteiger charge is -2.28. The van der Waals surface area contributed by atoms with Gasteiger partial charge in [-0.2, -0.15) is 4.31 Å². The summed E-state index contributed by atoms with van der Waals surface area (Å²) in [5.41, 5.74) is 2.36. The Labute approximate surface area is 206 Å². The predicted octanol–water partition coefficient (Wildman–Crippen LogP) is 4.79. The first-order chi connectivity index (χ1) is 16.8. The SMILES string of the molecule is CCOC(=O)C[C@@H]1[C@@H](c2ccc(OC)cc2)O[C@H](c2ccccc2)N1S(=O)(=O)c1ccc(C)cc1. The number of nitrogens with zero attached hydrogens (tertiary/aromatic N) is 1. The van der Waals surface area contributed by atoms with Crippen molar-refractivity contribution in [2.75, 3.05) is 13.7 Å². The second-order valence-electron chi connectivity index (χ2n) is 8.32. The lowest BCUT2D eigenvalue weighted by molar-refractivity contribution is -0.144. The first kappa shape index (κ1) is 24.9. The number of sulfonamides is 1. The van der Waals surface area contributed by atoms with Gasteiger partial charge in [0.15, 0.2) is 6.23 Å². The van der Waals surface area contributed by atoms with Crippen LogP contribution in [-0.2, 0) is 24.3 Å². The van der Waals surface area contributed by atoms with Crippen LogP contribution in [0.3, 0.4) is 0 Å². The molecule has 3 atom stereocenters. The van der Waals surface area contributed by atoms with Crippen molar-refractivity contribution in [2.45, 2.75) is 43.5 Å². The van der Waals surface area contributed by atoms with Gasteiger partial charge >= 0.3 is 5.97 Å². The molecule has 7 nitrogen and oxygen atoms in total. The second kappa shape index (κ2) is 10.6. The van der Waals surface area contributed by atoms with E-state index in [0.717, 1.165) is 11.1 Å². The zero-order valence-electron chi connectivity index (χ0n) is 20.0. The molecular formula is C27H29NO6S. The molecule has 0 saturated carbocycles. The summed E-state index contributed by atoms with van der Waals surface area (Å²) in [4.78, 5) is 12.8. The molecule has 1 heterocycles. The molecule has 0 amide bonds. The van der Waals surface area contributed by atoms with E-state index in [1.165, 1.54) is 4.31 Å². The molecule has 0 N–H and O–H groups in total. The van der Waals surface area contributed by atoms with Crippen molar-refractivity contribution >= 4 is 16.0 Å². The molecule has 8 heteroatoms. The van der Waals surface area contributed by atoms with Crippen LogP contribution in [0.15, 0.2) is 83.8 Å². The van der Waals surface area contributed by atoms with Crippen molar-refractivity contribution < 1.29 is 27.4 Å². The number of methoxy groups -OCH3 is 1. The smallest absolute Gasteiger partial charge is 0.307 e. The van der Waals surface area contributed by atoms with Crippen LogP contribution in [0, 0.1) is 6.92 Å². The lowest BCUT2D eigenvalue weighted by Crippen LogP contribution is -2.40. The number of ether oxygens (including phenoxy) is 3. The highest BCUT2D eigenvalue weighted by Gasteiger charge is 2.51. The third kappa shape index (κ3) is 5.24. The largest absolute Gasteiger partial charge is 0.497 e. The minimum absolute atomic E-state index is 0.136. The average Bonchev–Trinajstić information content (AvgIpc) is 3.25. The van der Waals surface area contributed by atoms with E-state index < -0.39 is 34.4 Å². The molecule has 0 radical (unpaired) electrons. The van der Waals surface area contributed by atoms with Crippen molar-refractivity contribution in [3.05, 3.63) is 95.6 Å². The number of hydrogen-bond donors (Lipinski definition) is 0. The Hall–Kier alpha value is -3.20. The molecule has 1 aliphatic rings. The molecule has 1 aliphatic heterocycles. The fourth-order valence-electron chi connectivity index (χ4n) is 4.26. The molecule has 4 rings (SSSR count). The summed E-state index contributed by atoms with van der Waals surface area (Å²) in [6.45, 7) is 3.81. The Morgan fingerprint density at radius 3 is 2.20 bits per heavy atom. The summed E-state index contributed by atoms with van der Waals surface area (Å²) >= 11 is 0. The molecule has 1 saturated heterocycles. The summed E-state index contributed by atoms with van der Waals surface area (Å²) in [5.74, 6) is 0.176. The maximum atomic E-state index is 14.0. The molecular weight excluding hydrogens is 466 g/mol. The Kier molecular flexibility index (Phi) is 7.54. The third-order valence-electron chi connectivity index (χ3n) is 5.99. The normalized spacial score (nSPS) is 20.5. The van der Waals surface area contributed by atoms with E-state index in [1.54, 1.807) is 50.4 Å². The summed E-state index contributed by atoms with van der Waals surface area (Å²) in [5, 5.41) is 0. The van der Waals surface area contributed by atoms with Crippen molar-refractivity contribution in [1.82, 2.24) is 4.31 Å². The van der Waals surface area contributed by atoms with E-state index in [0.29, 0.717) is 11.3 Å². The Balaban J connectivity index is 1.85. The van der Waals surface area contributed by atoms with Gasteiger partial charge in [0.05, 0.1) is 31.1 Å². The van der Waals surface area contributed by atoms with Crippen LogP contribution >= 0.6 is 0 Å². The van der Waals surface area contributed by atoms with Crippen LogP contribution < -0.4 is 4.74 Å². The van der Waals surface area contributed by atoms with Crippen LogP contribution in [0.5, 0.6) is 5.75 Å². The standard InChI is InChI=1S/C27H29NO6S/c1-4-33-25(29)18-24-26(20-12-14-22(32-3)15-13-20)34-27(21-8-6-5-7-9-21)28(24)35(30,31)23-16-10-19(2)11-17-23/h5-17,24,26-27H,4,18H2,1-3H3/t24-,26-,27-/m1/s1. The number of benzene rings is 3. The molecule has 184 valence electrons. The van der Waals surface area contributed by atoms with Crippen LogP contribution in [-0.4, -0.2) is 38.5 Å². The van der Waals surface area contributed by atoms with Gasteiger partial charge in [-0.3, -0.25) is 4.79 Å². The van der Waals surface area contributed by atoms with E-state index in [9.17, 15) is 13.2 Å². The van der Waals surface area contributed by atoms with Gasteiger partial charge < -0.3 is 14.2 Å². The van der Waals surface area contributed by atoms with Crippen LogP contribution in [0.1, 0.15) is 42.4 Å². The van der Waals surface area contributed by atoms with E-state index in [-0.39, 0.29) is 17.9 Å². The van der Waals surface area contributed by atoms with Gasteiger partial charge in [0.1, 0.15) is 11.9 Å². The molecule has 0 spiro atoms. The molecule has 3 aromatic carbocycles. The minimum atomic E-state index is -4.04. The molecule has 0 aromatic heterocycles. The molecule has 1 fully saturated rings. The molecule has 0 aliphatic carbocycles. The van der Waals surface area contributed by atoms with Gasteiger partial charge in [-0.1, -0.05) is 60.2 Å². The van der Waals surface area contributed by atoms with Crippen LogP contribution in [0.2, 0.25) is 0 Å². The average molecular weight is 496 g/mol. The highest BCUT2D eigenvalue weighted by atomic mass is 32.2. The highest BCUT2D eigenvalue weighted by molar-refractivity contribution is 7.89.